The molecular weight excluding hydrogens is 278 g/mol. The third-order valence-corrected chi connectivity index (χ3v) is 3.18. The van der Waals surface area contributed by atoms with Crippen LogP contribution in [0.1, 0.15) is 5.56 Å². The molecular formula is C17H21N3O2. The van der Waals surface area contributed by atoms with Gasteiger partial charge in [0.2, 0.25) is 5.91 Å². The van der Waals surface area contributed by atoms with Crippen molar-refractivity contribution in [3.05, 3.63) is 54.4 Å². The minimum Gasteiger partial charge on any atom is -0.455 e. The van der Waals surface area contributed by atoms with Crippen LogP contribution in [-0.4, -0.2) is 48.4 Å². The van der Waals surface area contributed by atoms with Gasteiger partial charge >= 0.3 is 0 Å². The number of rotatable bonds is 6. The highest BCUT2D eigenvalue weighted by molar-refractivity contribution is 5.77. The largest absolute Gasteiger partial charge is 0.455 e. The fraction of sp³-hybridized carbons (Fsp3) is 0.294. The van der Waals surface area contributed by atoms with E-state index in [1.807, 2.05) is 48.3 Å². The lowest BCUT2D eigenvalue weighted by Crippen LogP contribution is -2.34. The molecule has 1 aromatic heterocycles. The number of ether oxygens (including phenoxy) is 1. The molecule has 2 aromatic rings. The van der Waals surface area contributed by atoms with E-state index in [0.717, 1.165) is 11.3 Å². The molecule has 0 bridgehead atoms. The molecule has 1 amide bonds. The number of likely N-dealkylation sites (N-methyl/N-ethyl adjacent to an activating group) is 2. The topological polar surface area (TPSA) is 45.7 Å². The summed E-state index contributed by atoms with van der Waals surface area (Å²) < 4.78 is 5.88. The molecule has 0 spiro atoms. The monoisotopic (exact) mass is 299 g/mol. The molecule has 116 valence electrons. The van der Waals surface area contributed by atoms with Crippen LogP contribution in [0.25, 0.3) is 0 Å². The smallest absolute Gasteiger partial charge is 0.236 e. The number of carbonyl (C=O) groups excluding carboxylic acids is 1. The Morgan fingerprint density at radius 1 is 1.14 bits per heavy atom. The number of para-hydroxylation sites is 1. The van der Waals surface area contributed by atoms with E-state index in [1.54, 1.807) is 31.4 Å². The van der Waals surface area contributed by atoms with Crippen LogP contribution in [0.2, 0.25) is 0 Å². The maximum atomic E-state index is 11.8. The first kappa shape index (κ1) is 16.0. The molecule has 0 fully saturated rings. The predicted octanol–water partition coefficient (Wildman–Crippen LogP) is 2.39. The first-order valence-corrected chi connectivity index (χ1v) is 7.10. The zero-order valence-electron chi connectivity index (χ0n) is 13.2. The average Bonchev–Trinajstić information content (AvgIpc) is 2.50. The summed E-state index contributed by atoms with van der Waals surface area (Å²) in [4.78, 5) is 19.4. The second-order valence-corrected chi connectivity index (χ2v) is 5.36. The van der Waals surface area contributed by atoms with Crippen LogP contribution in [0.4, 0.5) is 0 Å². The van der Waals surface area contributed by atoms with Crippen molar-refractivity contribution in [3.8, 4) is 11.5 Å². The van der Waals surface area contributed by atoms with Crippen LogP contribution in [0.5, 0.6) is 11.5 Å². The minimum atomic E-state index is 0.0770. The van der Waals surface area contributed by atoms with Gasteiger partial charge in [0.05, 0.1) is 12.7 Å². The highest BCUT2D eigenvalue weighted by Gasteiger charge is 2.11. The summed E-state index contributed by atoms with van der Waals surface area (Å²) >= 11 is 0. The van der Waals surface area contributed by atoms with Crippen LogP contribution in [0.15, 0.2) is 48.8 Å². The SMILES string of the molecule is CN(CC(=O)N(C)C)Cc1ccccc1Oc1cccnc1. The average molecular weight is 299 g/mol. The lowest BCUT2D eigenvalue weighted by Gasteiger charge is -2.20. The number of aromatic nitrogens is 1. The van der Waals surface area contributed by atoms with Crippen molar-refractivity contribution in [2.24, 2.45) is 0 Å². The Kier molecular flexibility index (Phi) is 5.49. The molecule has 1 aromatic carbocycles. The molecule has 0 atom stereocenters. The maximum Gasteiger partial charge on any atom is 0.236 e. The van der Waals surface area contributed by atoms with Crippen molar-refractivity contribution < 1.29 is 9.53 Å². The number of carbonyl (C=O) groups is 1. The summed E-state index contributed by atoms with van der Waals surface area (Å²) in [6.07, 6.45) is 3.38. The first-order chi connectivity index (χ1) is 10.6. The number of pyridine rings is 1. The third-order valence-electron chi connectivity index (χ3n) is 3.18. The Bertz CT molecular complexity index is 614. The lowest BCUT2D eigenvalue weighted by molar-refractivity contribution is -0.129. The molecule has 2 rings (SSSR count). The number of nitrogens with zero attached hydrogens (tertiary/aromatic N) is 3. The fourth-order valence-corrected chi connectivity index (χ4v) is 1.99. The molecule has 0 N–H and O–H groups in total. The van der Waals surface area contributed by atoms with E-state index in [2.05, 4.69) is 4.98 Å². The highest BCUT2D eigenvalue weighted by Crippen LogP contribution is 2.25. The third kappa shape index (κ3) is 4.56. The summed E-state index contributed by atoms with van der Waals surface area (Å²) in [5.41, 5.74) is 1.03. The normalized spacial score (nSPS) is 10.5. The summed E-state index contributed by atoms with van der Waals surface area (Å²) in [5, 5.41) is 0. The van der Waals surface area contributed by atoms with E-state index >= 15 is 0 Å². The van der Waals surface area contributed by atoms with Gasteiger partial charge in [0.25, 0.3) is 0 Å². The number of benzene rings is 1. The van der Waals surface area contributed by atoms with Crippen molar-refractivity contribution in [3.63, 3.8) is 0 Å². The minimum absolute atomic E-state index is 0.0770. The van der Waals surface area contributed by atoms with Crippen LogP contribution in [0.3, 0.4) is 0 Å². The summed E-state index contributed by atoms with van der Waals surface area (Å²) in [6.45, 7) is 1.00. The van der Waals surface area contributed by atoms with E-state index in [-0.39, 0.29) is 5.91 Å². The number of amides is 1. The van der Waals surface area contributed by atoms with Crippen molar-refractivity contribution in [1.82, 2.24) is 14.8 Å². The first-order valence-electron chi connectivity index (χ1n) is 7.10. The summed E-state index contributed by atoms with van der Waals surface area (Å²) in [6, 6.07) is 11.5. The zero-order valence-corrected chi connectivity index (χ0v) is 13.2. The summed E-state index contributed by atoms with van der Waals surface area (Å²) in [7, 11) is 5.44. The molecule has 0 radical (unpaired) electrons. The number of hydrogen-bond donors (Lipinski definition) is 0. The van der Waals surface area contributed by atoms with Gasteiger partial charge in [-0.25, -0.2) is 0 Å². The molecule has 5 nitrogen and oxygen atoms in total. The van der Waals surface area contributed by atoms with Crippen molar-refractivity contribution in [1.29, 1.82) is 0 Å². The number of hydrogen-bond acceptors (Lipinski definition) is 4. The Morgan fingerprint density at radius 3 is 2.59 bits per heavy atom. The fourth-order valence-electron chi connectivity index (χ4n) is 1.99. The Hall–Kier alpha value is -2.40. The molecule has 0 unspecified atom stereocenters. The molecule has 0 aliphatic heterocycles. The lowest BCUT2D eigenvalue weighted by atomic mass is 10.2. The maximum absolute atomic E-state index is 11.8. The molecule has 0 saturated carbocycles. The van der Waals surface area contributed by atoms with Crippen LogP contribution in [0, 0.1) is 0 Å². The van der Waals surface area contributed by atoms with Gasteiger partial charge in [0.15, 0.2) is 0 Å². The molecule has 5 heteroatoms. The van der Waals surface area contributed by atoms with Crippen LogP contribution in [-0.2, 0) is 11.3 Å². The van der Waals surface area contributed by atoms with E-state index in [1.165, 1.54) is 0 Å². The van der Waals surface area contributed by atoms with Crippen molar-refractivity contribution >= 4 is 5.91 Å². The van der Waals surface area contributed by atoms with E-state index < -0.39 is 0 Å². The predicted molar refractivity (Wildman–Crippen MR) is 85.8 cm³/mol. The second-order valence-electron chi connectivity index (χ2n) is 5.36. The molecule has 0 saturated heterocycles. The van der Waals surface area contributed by atoms with E-state index in [0.29, 0.717) is 18.8 Å². The van der Waals surface area contributed by atoms with Crippen LogP contribution >= 0.6 is 0 Å². The van der Waals surface area contributed by atoms with E-state index in [4.69, 9.17) is 4.74 Å². The van der Waals surface area contributed by atoms with Crippen LogP contribution < -0.4 is 4.74 Å². The zero-order chi connectivity index (χ0) is 15.9. The van der Waals surface area contributed by atoms with Gasteiger partial charge in [-0.15, -0.1) is 0 Å². The van der Waals surface area contributed by atoms with Gasteiger partial charge < -0.3 is 9.64 Å². The van der Waals surface area contributed by atoms with Crippen molar-refractivity contribution in [2.75, 3.05) is 27.7 Å². The standard InChI is InChI=1S/C17H21N3O2/c1-19(2)17(21)13-20(3)12-14-7-4-5-9-16(14)22-15-8-6-10-18-11-15/h4-11H,12-13H2,1-3H3. The quantitative estimate of drug-likeness (QED) is 0.821. The van der Waals surface area contributed by atoms with Gasteiger partial charge in [-0.1, -0.05) is 18.2 Å². The van der Waals surface area contributed by atoms with Gasteiger partial charge in [-0.3, -0.25) is 14.7 Å². The Balaban J connectivity index is 2.06. The highest BCUT2D eigenvalue weighted by atomic mass is 16.5. The molecule has 22 heavy (non-hydrogen) atoms. The summed E-state index contributed by atoms with van der Waals surface area (Å²) in [5.74, 6) is 1.55. The van der Waals surface area contributed by atoms with Gasteiger partial charge in [0.1, 0.15) is 11.5 Å². The van der Waals surface area contributed by atoms with Gasteiger partial charge in [0, 0.05) is 32.4 Å². The van der Waals surface area contributed by atoms with Gasteiger partial charge in [-0.05, 0) is 25.2 Å². The molecule has 1 heterocycles. The van der Waals surface area contributed by atoms with Gasteiger partial charge in [-0.2, -0.15) is 0 Å². The molecule has 0 aliphatic carbocycles. The Labute approximate surface area is 131 Å². The van der Waals surface area contributed by atoms with E-state index in [9.17, 15) is 4.79 Å². The molecule has 0 aliphatic rings. The second kappa shape index (κ2) is 7.56. The Morgan fingerprint density at radius 2 is 1.91 bits per heavy atom. The van der Waals surface area contributed by atoms with Crippen molar-refractivity contribution in [2.45, 2.75) is 6.54 Å².